The van der Waals surface area contributed by atoms with Crippen LogP contribution < -0.4 is 10.1 Å². The lowest BCUT2D eigenvalue weighted by atomic mass is 10.1. The Kier molecular flexibility index (Phi) is 6.06. The Hall–Kier alpha value is -1.02. The van der Waals surface area contributed by atoms with E-state index < -0.39 is 0 Å². The summed E-state index contributed by atoms with van der Waals surface area (Å²) in [6.07, 6.45) is 1.16. The number of rotatable bonds is 7. The van der Waals surface area contributed by atoms with Crippen molar-refractivity contribution in [2.24, 2.45) is 5.92 Å². The molecule has 0 amide bonds. The van der Waals surface area contributed by atoms with Crippen molar-refractivity contribution in [1.82, 2.24) is 5.32 Å². The molecule has 0 spiro atoms. The van der Waals surface area contributed by atoms with Crippen LogP contribution in [0, 0.1) is 12.8 Å². The van der Waals surface area contributed by atoms with Gasteiger partial charge in [-0.2, -0.15) is 0 Å². The molecule has 1 N–H and O–H groups in total. The summed E-state index contributed by atoms with van der Waals surface area (Å²) in [5.74, 6) is 1.68. The van der Waals surface area contributed by atoms with E-state index in [1.165, 1.54) is 11.1 Å². The quantitative estimate of drug-likeness (QED) is 0.780. The Balaban J connectivity index is 2.72. The van der Waals surface area contributed by atoms with Crippen molar-refractivity contribution >= 4 is 0 Å². The van der Waals surface area contributed by atoms with Crippen molar-refractivity contribution in [1.29, 1.82) is 0 Å². The number of ether oxygens (including phenoxy) is 1. The van der Waals surface area contributed by atoms with E-state index in [1.54, 1.807) is 0 Å². The summed E-state index contributed by atoms with van der Waals surface area (Å²) in [6, 6.07) is 6.35. The van der Waals surface area contributed by atoms with Gasteiger partial charge < -0.3 is 10.1 Å². The molecule has 2 heteroatoms. The van der Waals surface area contributed by atoms with Crippen LogP contribution in [0.1, 0.15) is 38.3 Å². The van der Waals surface area contributed by atoms with Crippen LogP contribution in [-0.2, 0) is 6.54 Å². The smallest absolute Gasteiger partial charge is 0.126 e. The lowest BCUT2D eigenvalue weighted by molar-refractivity contribution is 0.252. The van der Waals surface area contributed by atoms with Gasteiger partial charge in [0.2, 0.25) is 0 Å². The lowest BCUT2D eigenvalue weighted by Gasteiger charge is -2.16. The topological polar surface area (TPSA) is 21.3 Å². The standard InChI is InChI=1S/C15H25NO/c1-5-12(3)11-17-15-13(4)8-7-9-14(15)10-16-6-2/h7-9,12,16H,5-6,10-11H2,1-4H3. The first kappa shape index (κ1) is 14.0. The first-order chi connectivity index (χ1) is 8.19. The summed E-state index contributed by atoms with van der Waals surface area (Å²) in [7, 11) is 0. The van der Waals surface area contributed by atoms with E-state index in [9.17, 15) is 0 Å². The highest BCUT2D eigenvalue weighted by atomic mass is 16.5. The largest absolute Gasteiger partial charge is 0.493 e. The fourth-order valence-electron chi connectivity index (χ4n) is 1.66. The normalized spacial score (nSPS) is 12.5. The molecule has 2 nitrogen and oxygen atoms in total. The summed E-state index contributed by atoms with van der Waals surface area (Å²) in [4.78, 5) is 0. The van der Waals surface area contributed by atoms with Crippen LogP contribution in [0.5, 0.6) is 5.75 Å². The maximum atomic E-state index is 5.98. The second-order valence-corrected chi connectivity index (χ2v) is 4.67. The van der Waals surface area contributed by atoms with Crippen molar-refractivity contribution in [3.05, 3.63) is 29.3 Å². The fourth-order valence-corrected chi connectivity index (χ4v) is 1.66. The second kappa shape index (κ2) is 7.33. The van der Waals surface area contributed by atoms with Gasteiger partial charge in [-0.05, 0) is 24.9 Å². The molecule has 1 aromatic carbocycles. The van der Waals surface area contributed by atoms with Gasteiger partial charge in [0, 0.05) is 12.1 Å². The predicted octanol–water partition coefficient (Wildman–Crippen LogP) is 3.53. The molecule has 1 aromatic rings. The molecule has 1 unspecified atom stereocenters. The first-order valence-corrected chi connectivity index (χ1v) is 6.61. The zero-order valence-electron chi connectivity index (χ0n) is 11.5. The van der Waals surface area contributed by atoms with E-state index in [0.717, 1.165) is 31.9 Å². The van der Waals surface area contributed by atoms with Crippen molar-refractivity contribution in [2.45, 2.75) is 40.7 Å². The molecule has 0 heterocycles. The Morgan fingerprint density at radius 3 is 2.71 bits per heavy atom. The number of para-hydroxylation sites is 1. The van der Waals surface area contributed by atoms with Crippen LogP contribution in [0.25, 0.3) is 0 Å². The molecule has 0 saturated carbocycles. The van der Waals surface area contributed by atoms with Crippen molar-refractivity contribution < 1.29 is 4.74 Å². The zero-order chi connectivity index (χ0) is 12.7. The fraction of sp³-hybridized carbons (Fsp3) is 0.600. The Morgan fingerprint density at radius 1 is 1.29 bits per heavy atom. The van der Waals surface area contributed by atoms with Crippen LogP contribution >= 0.6 is 0 Å². The van der Waals surface area contributed by atoms with E-state index in [4.69, 9.17) is 4.74 Å². The molecule has 0 aliphatic rings. The van der Waals surface area contributed by atoms with E-state index in [0.29, 0.717) is 5.92 Å². The molecular formula is C15H25NO. The predicted molar refractivity (Wildman–Crippen MR) is 73.5 cm³/mol. The van der Waals surface area contributed by atoms with Crippen molar-refractivity contribution in [3.63, 3.8) is 0 Å². The maximum Gasteiger partial charge on any atom is 0.126 e. The monoisotopic (exact) mass is 235 g/mol. The van der Waals surface area contributed by atoms with Crippen LogP contribution in [0.3, 0.4) is 0 Å². The summed E-state index contributed by atoms with van der Waals surface area (Å²) in [5.41, 5.74) is 2.49. The summed E-state index contributed by atoms with van der Waals surface area (Å²) in [6.45, 7) is 11.3. The third-order valence-electron chi connectivity index (χ3n) is 3.07. The highest BCUT2D eigenvalue weighted by molar-refractivity contribution is 5.40. The highest BCUT2D eigenvalue weighted by Crippen LogP contribution is 2.24. The average molecular weight is 235 g/mol. The molecule has 0 saturated heterocycles. The first-order valence-electron chi connectivity index (χ1n) is 6.61. The van der Waals surface area contributed by atoms with Gasteiger partial charge in [-0.1, -0.05) is 45.4 Å². The minimum absolute atomic E-state index is 0.613. The van der Waals surface area contributed by atoms with Gasteiger partial charge in [0.15, 0.2) is 0 Å². The van der Waals surface area contributed by atoms with Gasteiger partial charge in [0.1, 0.15) is 5.75 Å². The lowest BCUT2D eigenvalue weighted by Crippen LogP contribution is -2.15. The molecule has 0 aliphatic carbocycles. The van der Waals surface area contributed by atoms with Gasteiger partial charge in [-0.3, -0.25) is 0 Å². The molecule has 0 bridgehead atoms. The van der Waals surface area contributed by atoms with Gasteiger partial charge in [0.05, 0.1) is 6.61 Å². The van der Waals surface area contributed by atoms with Crippen LogP contribution in [0.2, 0.25) is 0 Å². The maximum absolute atomic E-state index is 5.98. The molecule has 17 heavy (non-hydrogen) atoms. The molecule has 0 aliphatic heterocycles. The SMILES string of the molecule is CCNCc1cccc(C)c1OCC(C)CC. The summed E-state index contributed by atoms with van der Waals surface area (Å²) >= 11 is 0. The number of benzene rings is 1. The van der Waals surface area contributed by atoms with Gasteiger partial charge >= 0.3 is 0 Å². The van der Waals surface area contributed by atoms with Gasteiger partial charge in [0.25, 0.3) is 0 Å². The number of hydrogen-bond donors (Lipinski definition) is 1. The zero-order valence-corrected chi connectivity index (χ0v) is 11.5. The summed E-state index contributed by atoms with van der Waals surface area (Å²) < 4.78 is 5.98. The average Bonchev–Trinajstić information content (AvgIpc) is 2.34. The minimum Gasteiger partial charge on any atom is -0.493 e. The van der Waals surface area contributed by atoms with Crippen LogP contribution in [0.4, 0.5) is 0 Å². The molecule has 0 fully saturated rings. The van der Waals surface area contributed by atoms with Crippen molar-refractivity contribution in [2.75, 3.05) is 13.2 Å². The summed E-state index contributed by atoms with van der Waals surface area (Å²) in [5, 5.41) is 3.35. The number of hydrogen-bond acceptors (Lipinski definition) is 2. The van der Waals surface area contributed by atoms with E-state index in [-0.39, 0.29) is 0 Å². The van der Waals surface area contributed by atoms with Crippen LogP contribution in [-0.4, -0.2) is 13.2 Å². The third-order valence-corrected chi connectivity index (χ3v) is 3.07. The van der Waals surface area contributed by atoms with Crippen LogP contribution in [0.15, 0.2) is 18.2 Å². The highest BCUT2D eigenvalue weighted by Gasteiger charge is 2.08. The van der Waals surface area contributed by atoms with Gasteiger partial charge in [-0.25, -0.2) is 0 Å². The molecule has 0 aromatic heterocycles. The van der Waals surface area contributed by atoms with Gasteiger partial charge in [-0.15, -0.1) is 0 Å². The molecular weight excluding hydrogens is 210 g/mol. The Labute approximate surface area is 105 Å². The molecule has 1 rings (SSSR count). The Morgan fingerprint density at radius 2 is 2.06 bits per heavy atom. The second-order valence-electron chi connectivity index (χ2n) is 4.67. The molecule has 0 radical (unpaired) electrons. The third kappa shape index (κ3) is 4.39. The van der Waals surface area contributed by atoms with Crippen molar-refractivity contribution in [3.8, 4) is 5.75 Å². The van der Waals surface area contributed by atoms with E-state index >= 15 is 0 Å². The number of aryl methyl sites for hydroxylation is 1. The Bertz CT molecular complexity index is 336. The molecule has 1 atom stereocenters. The van der Waals surface area contributed by atoms with E-state index in [1.807, 2.05) is 0 Å². The van der Waals surface area contributed by atoms with E-state index in [2.05, 4.69) is 51.2 Å². The minimum atomic E-state index is 0.613. The number of nitrogens with one attached hydrogen (secondary N) is 1. The molecule has 96 valence electrons.